The highest BCUT2D eigenvalue weighted by Gasteiger charge is 2.12. The number of furan rings is 1. The maximum atomic E-state index is 11.9. The number of amides is 1. The van der Waals surface area contributed by atoms with Gasteiger partial charge in [0.05, 0.1) is 5.56 Å². The molecule has 1 unspecified atom stereocenters. The Labute approximate surface area is 112 Å². The van der Waals surface area contributed by atoms with E-state index in [0.717, 1.165) is 17.4 Å². The van der Waals surface area contributed by atoms with Gasteiger partial charge in [-0.15, -0.1) is 12.4 Å². The fourth-order valence-electron chi connectivity index (χ4n) is 1.66. The number of nitrogens with one attached hydrogen (secondary N) is 1. The van der Waals surface area contributed by atoms with Crippen LogP contribution in [-0.2, 0) is 0 Å². The number of rotatable bonds is 4. The molecule has 0 aliphatic carbocycles. The summed E-state index contributed by atoms with van der Waals surface area (Å²) in [5, 5.41) is 3.67. The summed E-state index contributed by atoms with van der Waals surface area (Å²) in [5.41, 5.74) is 6.92. The zero-order valence-corrected chi connectivity index (χ0v) is 11.0. The van der Waals surface area contributed by atoms with Gasteiger partial charge in [0.1, 0.15) is 11.8 Å². The first-order valence-electron chi connectivity index (χ1n) is 5.68. The highest BCUT2D eigenvalue weighted by molar-refractivity contribution is 6.05. The summed E-state index contributed by atoms with van der Waals surface area (Å²) in [7, 11) is 0. The summed E-state index contributed by atoms with van der Waals surface area (Å²) in [5.74, 6) is -0.115. The van der Waals surface area contributed by atoms with Crippen molar-refractivity contribution >= 4 is 29.3 Å². The molecule has 1 aromatic carbocycles. The molecule has 0 spiro atoms. The molecule has 0 radical (unpaired) electrons. The molecule has 1 amide bonds. The van der Waals surface area contributed by atoms with Crippen LogP contribution in [0.25, 0.3) is 11.0 Å². The molecule has 0 saturated heterocycles. The van der Waals surface area contributed by atoms with Crippen molar-refractivity contribution in [1.82, 2.24) is 5.32 Å². The lowest BCUT2D eigenvalue weighted by Gasteiger charge is -2.06. The van der Waals surface area contributed by atoms with Crippen molar-refractivity contribution < 1.29 is 9.21 Å². The van der Waals surface area contributed by atoms with Gasteiger partial charge in [0.2, 0.25) is 0 Å². The van der Waals surface area contributed by atoms with E-state index in [4.69, 9.17) is 10.2 Å². The molecule has 0 aliphatic heterocycles. The molecule has 4 nitrogen and oxygen atoms in total. The van der Waals surface area contributed by atoms with Gasteiger partial charge in [0.25, 0.3) is 5.91 Å². The van der Waals surface area contributed by atoms with Crippen molar-refractivity contribution in [3.05, 3.63) is 36.1 Å². The van der Waals surface area contributed by atoms with Gasteiger partial charge in [-0.2, -0.15) is 0 Å². The van der Waals surface area contributed by atoms with E-state index in [2.05, 4.69) is 5.32 Å². The van der Waals surface area contributed by atoms with E-state index in [0.29, 0.717) is 12.1 Å². The Morgan fingerprint density at radius 3 is 2.89 bits per heavy atom. The number of para-hydroxylation sites is 1. The summed E-state index contributed by atoms with van der Waals surface area (Å²) in [6, 6.07) is 7.57. The highest BCUT2D eigenvalue weighted by Crippen LogP contribution is 2.20. The number of carbonyl (C=O) groups is 1. The van der Waals surface area contributed by atoms with Crippen molar-refractivity contribution in [2.45, 2.75) is 19.4 Å². The fourth-order valence-corrected chi connectivity index (χ4v) is 1.66. The third-order valence-electron chi connectivity index (χ3n) is 2.61. The predicted octanol–water partition coefficient (Wildman–Crippen LogP) is 2.32. The second-order valence-electron chi connectivity index (χ2n) is 4.17. The Balaban J connectivity index is 0.00000162. The predicted molar refractivity (Wildman–Crippen MR) is 74.1 cm³/mol. The van der Waals surface area contributed by atoms with Gasteiger partial charge in [-0.3, -0.25) is 4.79 Å². The molecular weight excluding hydrogens is 252 g/mol. The summed E-state index contributed by atoms with van der Waals surface area (Å²) >= 11 is 0. The van der Waals surface area contributed by atoms with Crippen LogP contribution in [0.4, 0.5) is 0 Å². The van der Waals surface area contributed by atoms with Gasteiger partial charge >= 0.3 is 0 Å². The third kappa shape index (κ3) is 3.24. The number of halogens is 1. The van der Waals surface area contributed by atoms with Crippen LogP contribution in [-0.4, -0.2) is 18.5 Å². The maximum Gasteiger partial charge on any atom is 0.255 e. The van der Waals surface area contributed by atoms with Gasteiger partial charge in [0.15, 0.2) is 0 Å². The average Bonchev–Trinajstić information content (AvgIpc) is 2.72. The summed E-state index contributed by atoms with van der Waals surface area (Å²) < 4.78 is 5.31. The molecule has 2 aromatic rings. The second kappa shape index (κ2) is 6.42. The molecule has 0 bridgehead atoms. The van der Waals surface area contributed by atoms with Crippen molar-refractivity contribution in [3.63, 3.8) is 0 Å². The Kier molecular flexibility index (Phi) is 5.19. The SMILES string of the molecule is CC(N)CCNC(=O)c1coc2ccccc12.Cl. The Morgan fingerprint density at radius 1 is 1.44 bits per heavy atom. The van der Waals surface area contributed by atoms with Gasteiger partial charge in [-0.25, -0.2) is 0 Å². The van der Waals surface area contributed by atoms with Gasteiger partial charge in [-0.1, -0.05) is 18.2 Å². The first-order valence-corrected chi connectivity index (χ1v) is 5.68. The molecule has 0 fully saturated rings. The van der Waals surface area contributed by atoms with Gasteiger partial charge in [-0.05, 0) is 19.4 Å². The zero-order valence-electron chi connectivity index (χ0n) is 10.2. The van der Waals surface area contributed by atoms with Gasteiger partial charge in [0, 0.05) is 18.0 Å². The van der Waals surface area contributed by atoms with Crippen LogP contribution in [0.3, 0.4) is 0 Å². The molecule has 3 N–H and O–H groups in total. The zero-order chi connectivity index (χ0) is 12.3. The smallest absolute Gasteiger partial charge is 0.255 e. The van der Waals surface area contributed by atoms with E-state index >= 15 is 0 Å². The molecule has 2 rings (SSSR count). The van der Waals surface area contributed by atoms with Crippen molar-refractivity contribution in [2.24, 2.45) is 5.73 Å². The topological polar surface area (TPSA) is 68.3 Å². The van der Waals surface area contributed by atoms with Crippen LogP contribution in [0.1, 0.15) is 23.7 Å². The number of hydrogen-bond donors (Lipinski definition) is 2. The van der Waals surface area contributed by atoms with Crippen LogP contribution in [0.5, 0.6) is 0 Å². The first-order chi connectivity index (χ1) is 8.18. The first kappa shape index (κ1) is 14.5. The molecule has 0 aliphatic rings. The normalized spacial score (nSPS) is 11.9. The van der Waals surface area contributed by atoms with Crippen LogP contribution < -0.4 is 11.1 Å². The van der Waals surface area contributed by atoms with E-state index in [1.165, 1.54) is 6.26 Å². The standard InChI is InChI=1S/C13H16N2O2.ClH/c1-9(14)6-7-15-13(16)11-8-17-12-5-3-2-4-10(11)12;/h2-5,8-9H,6-7,14H2,1H3,(H,15,16);1H. The van der Waals surface area contributed by atoms with Gasteiger partial charge < -0.3 is 15.5 Å². The molecular formula is C13H17ClN2O2. The van der Waals surface area contributed by atoms with E-state index < -0.39 is 0 Å². The van der Waals surface area contributed by atoms with Crippen LogP contribution >= 0.6 is 12.4 Å². The van der Waals surface area contributed by atoms with E-state index in [9.17, 15) is 4.79 Å². The number of nitrogens with two attached hydrogens (primary N) is 1. The number of carbonyl (C=O) groups excluding carboxylic acids is 1. The highest BCUT2D eigenvalue weighted by atomic mass is 35.5. The Bertz CT molecular complexity index is 522. The molecule has 98 valence electrons. The minimum absolute atomic E-state index is 0. The molecule has 0 saturated carbocycles. The Morgan fingerprint density at radius 2 is 2.17 bits per heavy atom. The molecule has 1 atom stereocenters. The summed E-state index contributed by atoms with van der Waals surface area (Å²) in [6.07, 6.45) is 2.26. The van der Waals surface area contributed by atoms with Crippen LogP contribution in [0.15, 0.2) is 34.9 Å². The lowest BCUT2D eigenvalue weighted by Crippen LogP contribution is -2.28. The third-order valence-corrected chi connectivity index (χ3v) is 2.61. The quantitative estimate of drug-likeness (QED) is 0.894. The monoisotopic (exact) mass is 268 g/mol. The van der Waals surface area contributed by atoms with Crippen molar-refractivity contribution in [1.29, 1.82) is 0 Å². The maximum absolute atomic E-state index is 11.9. The van der Waals surface area contributed by atoms with Crippen molar-refractivity contribution in [3.8, 4) is 0 Å². The molecule has 1 aromatic heterocycles. The minimum Gasteiger partial charge on any atom is -0.463 e. The second-order valence-corrected chi connectivity index (χ2v) is 4.17. The molecule has 1 heterocycles. The largest absolute Gasteiger partial charge is 0.463 e. The van der Waals surface area contributed by atoms with E-state index in [1.54, 1.807) is 0 Å². The van der Waals surface area contributed by atoms with Crippen LogP contribution in [0, 0.1) is 0 Å². The number of fused-ring (bicyclic) bond motifs is 1. The molecule has 5 heteroatoms. The lowest BCUT2D eigenvalue weighted by molar-refractivity contribution is 0.0953. The lowest BCUT2D eigenvalue weighted by atomic mass is 10.1. The summed E-state index contributed by atoms with van der Waals surface area (Å²) in [4.78, 5) is 11.9. The van der Waals surface area contributed by atoms with Crippen LogP contribution in [0.2, 0.25) is 0 Å². The Hall–Kier alpha value is -1.52. The molecule has 18 heavy (non-hydrogen) atoms. The van der Waals surface area contributed by atoms with E-state index in [-0.39, 0.29) is 24.4 Å². The average molecular weight is 269 g/mol. The van der Waals surface area contributed by atoms with E-state index in [1.807, 2.05) is 31.2 Å². The fraction of sp³-hybridized carbons (Fsp3) is 0.308. The summed E-state index contributed by atoms with van der Waals surface area (Å²) in [6.45, 7) is 2.50. The van der Waals surface area contributed by atoms with Crippen molar-refractivity contribution in [2.75, 3.05) is 6.54 Å². The number of hydrogen-bond acceptors (Lipinski definition) is 3. The number of benzene rings is 1. The minimum atomic E-state index is -0.115.